The lowest BCUT2D eigenvalue weighted by molar-refractivity contribution is 0.225. The van der Waals surface area contributed by atoms with Crippen molar-refractivity contribution in [1.29, 1.82) is 0 Å². The van der Waals surface area contributed by atoms with Crippen LogP contribution in [0.5, 0.6) is 5.75 Å². The maximum absolute atomic E-state index is 5.95. The van der Waals surface area contributed by atoms with Gasteiger partial charge in [-0.05, 0) is 17.7 Å². The molecule has 1 unspecified atom stereocenters. The molecule has 3 aromatic rings. The standard InChI is InChI=1S/C18H19N5O.2ClH/c1-2-4-17-13(3-1)9-15(12-24-17)22-7-6-20-18(22)16-10-14-11-19-5-8-23(14)21-16;;/h1-4,6-7,10,15,19H,5,8-9,11-12H2;2*1H. The first-order valence-corrected chi connectivity index (χ1v) is 8.40. The molecule has 1 atom stereocenters. The van der Waals surface area contributed by atoms with E-state index in [4.69, 9.17) is 9.84 Å². The second-order valence-corrected chi connectivity index (χ2v) is 6.36. The molecule has 8 heteroatoms. The second kappa shape index (κ2) is 7.70. The molecule has 2 aliphatic heterocycles. The number of nitrogens with zero attached hydrogens (tertiary/aromatic N) is 4. The molecule has 0 amide bonds. The Morgan fingerprint density at radius 1 is 1.19 bits per heavy atom. The highest BCUT2D eigenvalue weighted by atomic mass is 35.5. The van der Waals surface area contributed by atoms with E-state index in [1.54, 1.807) is 0 Å². The van der Waals surface area contributed by atoms with Gasteiger partial charge in [0, 0.05) is 31.9 Å². The Morgan fingerprint density at radius 3 is 2.96 bits per heavy atom. The van der Waals surface area contributed by atoms with Gasteiger partial charge in [-0.2, -0.15) is 5.10 Å². The SMILES string of the molecule is Cl.Cl.c1ccc2c(c1)CC(n1ccnc1-c1cc3n(n1)CCNC3)CO2. The lowest BCUT2D eigenvalue weighted by Crippen LogP contribution is -2.28. The number of aromatic nitrogens is 4. The topological polar surface area (TPSA) is 56.9 Å². The van der Waals surface area contributed by atoms with Crippen LogP contribution in [0.1, 0.15) is 17.3 Å². The number of hydrogen-bond acceptors (Lipinski definition) is 4. The zero-order valence-electron chi connectivity index (χ0n) is 14.2. The highest BCUT2D eigenvalue weighted by Crippen LogP contribution is 2.31. The molecule has 0 saturated carbocycles. The first-order valence-electron chi connectivity index (χ1n) is 8.40. The molecule has 0 fully saturated rings. The van der Waals surface area contributed by atoms with Gasteiger partial charge in [0.2, 0.25) is 0 Å². The van der Waals surface area contributed by atoms with Gasteiger partial charge in [0.15, 0.2) is 5.82 Å². The van der Waals surface area contributed by atoms with E-state index in [1.165, 1.54) is 11.3 Å². The van der Waals surface area contributed by atoms with E-state index < -0.39 is 0 Å². The molecule has 6 nitrogen and oxygen atoms in total. The van der Waals surface area contributed by atoms with Crippen molar-refractivity contribution in [3.05, 3.63) is 54.0 Å². The van der Waals surface area contributed by atoms with Crippen molar-refractivity contribution in [2.75, 3.05) is 13.2 Å². The highest BCUT2D eigenvalue weighted by molar-refractivity contribution is 5.85. The van der Waals surface area contributed by atoms with Crippen molar-refractivity contribution in [2.24, 2.45) is 0 Å². The Bertz CT molecular complexity index is 868. The average Bonchev–Trinajstić information content (AvgIpc) is 3.27. The van der Waals surface area contributed by atoms with Crippen LogP contribution in [0.2, 0.25) is 0 Å². The predicted octanol–water partition coefficient (Wildman–Crippen LogP) is 2.87. The summed E-state index contributed by atoms with van der Waals surface area (Å²) in [5.74, 6) is 1.92. The van der Waals surface area contributed by atoms with Gasteiger partial charge in [0.25, 0.3) is 0 Å². The lowest BCUT2D eigenvalue weighted by atomic mass is 10.0. The number of para-hydroxylation sites is 1. The van der Waals surface area contributed by atoms with Crippen LogP contribution in [0.3, 0.4) is 0 Å². The first kappa shape index (κ1) is 18.8. The molecule has 138 valence electrons. The zero-order valence-corrected chi connectivity index (χ0v) is 15.8. The third kappa shape index (κ3) is 3.20. The van der Waals surface area contributed by atoms with Crippen LogP contribution in [0.15, 0.2) is 42.7 Å². The van der Waals surface area contributed by atoms with Gasteiger partial charge in [-0.15, -0.1) is 24.8 Å². The predicted molar refractivity (Wildman–Crippen MR) is 104 cm³/mol. The van der Waals surface area contributed by atoms with Crippen LogP contribution in [0.4, 0.5) is 0 Å². The monoisotopic (exact) mass is 393 g/mol. The molecule has 1 aromatic carbocycles. The van der Waals surface area contributed by atoms with Gasteiger partial charge in [-0.25, -0.2) is 4.98 Å². The first-order chi connectivity index (χ1) is 11.9. The minimum absolute atomic E-state index is 0. The van der Waals surface area contributed by atoms with E-state index in [-0.39, 0.29) is 30.9 Å². The summed E-state index contributed by atoms with van der Waals surface area (Å²) >= 11 is 0. The summed E-state index contributed by atoms with van der Waals surface area (Å²) in [4.78, 5) is 4.57. The number of fused-ring (bicyclic) bond motifs is 2. The molecule has 0 aliphatic carbocycles. The van der Waals surface area contributed by atoms with Gasteiger partial charge >= 0.3 is 0 Å². The van der Waals surface area contributed by atoms with E-state index in [2.05, 4.69) is 37.7 Å². The van der Waals surface area contributed by atoms with Crippen LogP contribution in [-0.2, 0) is 19.5 Å². The molecular weight excluding hydrogens is 373 g/mol. The number of halogens is 2. The fourth-order valence-electron chi connectivity index (χ4n) is 3.60. The fourth-order valence-corrected chi connectivity index (χ4v) is 3.60. The van der Waals surface area contributed by atoms with Crippen LogP contribution in [0.25, 0.3) is 11.5 Å². The van der Waals surface area contributed by atoms with Crippen LogP contribution < -0.4 is 10.1 Å². The number of ether oxygens (including phenoxy) is 1. The Morgan fingerprint density at radius 2 is 2.08 bits per heavy atom. The largest absolute Gasteiger partial charge is 0.491 e. The highest BCUT2D eigenvalue weighted by Gasteiger charge is 2.24. The smallest absolute Gasteiger partial charge is 0.160 e. The number of benzene rings is 1. The summed E-state index contributed by atoms with van der Waals surface area (Å²) in [6.45, 7) is 3.41. The van der Waals surface area contributed by atoms with Crippen molar-refractivity contribution in [3.8, 4) is 17.3 Å². The summed E-state index contributed by atoms with van der Waals surface area (Å²) in [5, 5.41) is 8.13. The molecular formula is C18H21Cl2N5O. The van der Waals surface area contributed by atoms with Gasteiger partial charge in [-0.1, -0.05) is 18.2 Å². The van der Waals surface area contributed by atoms with Crippen molar-refractivity contribution in [2.45, 2.75) is 25.6 Å². The molecule has 26 heavy (non-hydrogen) atoms. The molecule has 0 bridgehead atoms. The molecule has 4 heterocycles. The van der Waals surface area contributed by atoms with E-state index in [0.717, 1.165) is 43.3 Å². The second-order valence-electron chi connectivity index (χ2n) is 6.36. The molecule has 2 aliphatic rings. The maximum Gasteiger partial charge on any atom is 0.160 e. The van der Waals surface area contributed by atoms with Crippen LogP contribution in [-0.4, -0.2) is 32.5 Å². The van der Waals surface area contributed by atoms with E-state index >= 15 is 0 Å². The third-order valence-electron chi connectivity index (χ3n) is 4.82. The Labute approximate surface area is 164 Å². The Balaban J connectivity index is 0.000000980. The number of rotatable bonds is 2. The van der Waals surface area contributed by atoms with Crippen LogP contribution in [0, 0.1) is 0 Å². The summed E-state index contributed by atoms with van der Waals surface area (Å²) in [6.07, 6.45) is 4.84. The average molecular weight is 394 g/mol. The van der Waals surface area contributed by atoms with Gasteiger partial charge in [0.1, 0.15) is 18.1 Å². The summed E-state index contributed by atoms with van der Waals surface area (Å²) in [5.41, 5.74) is 3.41. The summed E-state index contributed by atoms with van der Waals surface area (Å²) in [7, 11) is 0. The molecule has 5 rings (SSSR count). The molecule has 1 N–H and O–H groups in total. The molecule has 0 spiro atoms. The van der Waals surface area contributed by atoms with Crippen molar-refractivity contribution >= 4 is 24.8 Å². The van der Waals surface area contributed by atoms with E-state index in [9.17, 15) is 0 Å². The third-order valence-corrected chi connectivity index (χ3v) is 4.82. The van der Waals surface area contributed by atoms with Crippen molar-refractivity contribution in [1.82, 2.24) is 24.6 Å². The van der Waals surface area contributed by atoms with Gasteiger partial charge in [-0.3, -0.25) is 4.68 Å². The maximum atomic E-state index is 5.95. The molecule has 0 saturated heterocycles. The van der Waals surface area contributed by atoms with Crippen LogP contribution >= 0.6 is 24.8 Å². The van der Waals surface area contributed by atoms with Crippen molar-refractivity contribution in [3.63, 3.8) is 0 Å². The van der Waals surface area contributed by atoms with Crippen molar-refractivity contribution < 1.29 is 4.74 Å². The van der Waals surface area contributed by atoms with Gasteiger partial charge < -0.3 is 14.6 Å². The summed E-state index contributed by atoms with van der Waals surface area (Å²) < 4.78 is 10.2. The Kier molecular flexibility index (Phi) is 5.55. The number of nitrogens with one attached hydrogen (secondary N) is 1. The van der Waals surface area contributed by atoms with E-state index in [0.29, 0.717) is 6.61 Å². The normalized spacial score (nSPS) is 17.9. The summed E-state index contributed by atoms with van der Waals surface area (Å²) in [6, 6.07) is 10.6. The quantitative estimate of drug-likeness (QED) is 0.726. The molecule has 0 radical (unpaired) electrons. The van der Waals surface area contributed by atoms with E-state index in [1.807, 2.05) is 24.5 Å². The lowest BCUT2D eigenvalue weighted by Gasteiger charge is -2.27. The minimum atomic E-state index is 0. The fraction of sp³-hybridized carbons (Fsp3) is 0.333. The Hall–Kier alpha value is -2.02. The zero-order chi connectivity index (χ0) is 15.9. The molecule has 2 aromatic heterocycles. The number of imidazole rings is 1. The number of hydrogen-bond donors (Lipinski definition) is 1. The minimum Gasteiger partial charge on any atom is -0.491 e. The van der Waals surface area contributed by atoms with Gasteiger partial charge in [0.05, 0.1) is 18.3 Å².